The third-order valence-corrected chi connectivity index (χ3v) is 4.57. The van der Waals surface area contributed by atoms with Crippen LogP contribution in [0, 0.1) is 6.92 Å². The Morgan fingerprint density at radius 1 is 1.07 bits per heavy atom. The SMILES string of the molecule is COc1ccc(CNC(=O)c2cn(-c3ccccc3)nc2-c2ccc(C)o2)cc1. The summed E-state index contributed by atoms with van der Waals surface area (Å²) in [4.78, 5) is 13.0. The van der Waals surface area contributed by atoms with Gasteiger partial charge in [0.05, 0.1) is 18.4 Å². The van der Waals surface area contributed by atoms with Crippen molar-refractivity contribution < 1.29 is 13.9 Å². The van der Waals surface area contributed by atoms with E-state index in [0.717, 1.165) is 22.8 Å². The van der Waals surface area contributed by atoms with Gasteiger partial charge < -0.3 is 14.5 Å². The van der Waals surface area contributed by atoms with Crippen LogP contribution in [0.25, 0.3) is 17.1 Å². The highest BCUT2D eigenvalue weighted by Crippen LogP contribution is 2.26. The quantitative estimate of drug-likeness (QED) is 0.533. The van der Waals surface area contributed by atoms with Gasteiger partial charge in [-0.05, 0) is 48.9 Å². The molecule has 6 heteroatoms. The summed E-state index contributed by atoms with van der Waals surface area (Å²) in [6.07, 6.45) is 1.73. The Morgan fingerprint density at radius 3 is 2.48 bits per heavy atom. The fourth-order valence-corrected chi connectivity index (χ4v) is 3.02. The molecule has 0 radical (unpaired) electrons. The van der Waals surface area contributed by atoms with Crippen molar-refractivity contribution in [3.05, 3.63) is 89.8 Å². The number of methoxy groups -OCH3 is 1. The first-order valence-electron chi connectivity index (χ1n) is 9.27. The molecule has 1 amide bonds. The molecule has 0 fully saturated rings. The molecule has 0 saturated carbocycles. The Bertz CT molecular complexity index is 1110. The van der Waals surface area contributed by atoms with Crippen LogP contribution in [0.4, 0.5) is 0 Å². The number of nitrogens with one attached hydrogen (secondary N) is 1. The molecule has 0 saturated heterocycles. The molecule has 0 bridgehead atoms. The first-order chi connectivity index (χ1) is 14.1. The van der Waals surface area contributed by atoms with Crippen LogP contribution in [-0.2, 0) is 6.54 Å². The molecule has 0 atom stereocenters. The van der Waals surface area contributed by atoms with E-state index in [0.29, 0.717) is 23.6 Å². The number of ether oxygens (including phenoxy) is 1. The number of hydrogen-bond donors (Lipinski definition) is 1. The molecule has 2 aromatic heterocycles. The van der Waals surface area contributed by atoms with E-state index in [1.807, 2.05) is 73.7 Å². The monoisotopic (exact) mass is 387 g/mol. The van der Waals surface area contributed by atoms with Gasteiger partial charge in [0.25, 0.3) is 5.91 Å². The van der Waals surface area contributed by atoms with Crippen LogP contribution in [0.15, 0.2) is 77.3 Å². The number of aryl methyl sites for hydroxylation is 1. The number of benzene rings is 2. The van der Waals surface area contributed by atoms with E-state index >= 15 is 0 Å². The lowest BCUT2D eigenvalue weighted by atomic mass is 10.1. The van der Waals surface area contributed by atoms with Gasteiger partial charge in [-0.1, -0.05) is 30.3 Å². The lowest BCUT2D eigenvalue weighted by Gasteiger charge is -2.06. The summed E-state index contributed by atoms with van der Waals surface area (Å²) in [5.41, 5.74) is 2.81. The largest absolute Gasteiger partial charge is 0.497 e. The van der Waals surface area contributed by atoms with Gasteiger partial charge in [-0.15, -0.1) is 0 Å². The van der Waals surface area contributed by atoms with E-state index in [1.54, 1.807) is 18.0 Å². The minimum absolute atomic E-state index is 0.216. The Labute approximate surface area is 168 Å². The molecular formula is C23H21N3O3. The van der Waals surface area contributed by atoms with Crippen molar-refractivity contribution in [3.8, 4) is 22.9 Å². The van der Waals surface area contributed by atoms with Gasteiger partial charge in [0.1, 0.15) is 17.2 Å². The number of aromatic nitrogens is 2. The number of rotatable bonds is 6. The fourth-order valence-electron chi connectivity index (χ4n) is 3.02. The van der Waals surface area contributed by atoms with Gasteiger partial charge in [-0.3, -0.25) is 4.79 Å². The van der Waals surface area contributed by atoms with E-state index < -0.39 is 0 Å². The molecule has 2 heterocycles. The van der Waals surface area contributed by atoms with E-state index in [2.05, 4.69) is 10.4 Å². The molecule has 1 N–H and O–H groups in total. The predicted octanol–water partition coefficient (Wildman–Crippen LogP) is 4.38. The second-order valence-electron chi connectivity index (χ2n) is 6.61. The number of amides is 1. The molecule has 146 valence electrons. The molecule has 0 aliphatic carbocycles. The second kappa shape index (κ2) is 8.06. The Balaban J connectivity index is 1.61. The lowest BCUT2D eigenvalue weighted by molar-refractivity contribution is 0.0951. The van der Waals surface area contributed by atoms with Crippen LogP contribution in [0.3, 0.4) is 0 Å². The minimum atomic E-state index is -0.216. The third-order valence-electron chi connectivity index (χ3n) is 4.57. The highest BCUT2D eigenvalue weighted by Gasteiger charge is 2.20. The molecule has 0 spiro atoms. The average molecular weight is 387 g/mol. The van der Waals surface area contributed by atoms with Gasteiger partial charge in [0.15, 0.2) is 5.76 Å². The maximum absolute atomic E-state index is 13.0. The molecule has 0 aliphatic heterocycles. The number of nitrogens with zero attached hydrogens (tertiary/aromatic N) is 2. The molecule has 0 aliphatic rings. The van der Waals surface area contributed by atoms with Gasteiger partial charge in [0, 0.05) is 12.7 Å². The van der Waals surface area contributed by atoms with Crippen LogP contribution >= 0.6 is 0 Å². The fraction of sp³-hybridized carbons (Fsp3) is 0.130. The van der Waals surface area contributed by atoms with Crippen molar-refractivity contribution in [1.82, 2.24) is 15.1 Å². The van der Waals surface area contributed by atoms with Gasteiger partial charge in [-0.25, -0.2) is 4.68 Å². The molecule has 29 heavy (non-hydrogen) atoms. The number of carbonyl (C=O) groups excluding carboxylic acids is 1. The first kappa shape index (κ1) is 18.6. The van der Waals surface area contributed by atoms with Crippen LogP contribution in [0.2, 0.25) is 0 Å². The van der Waals surface area contributed by atoms with Crippen LogP contribution in [0.5, 0.6) is 5.75 Å². The molecule has 2 aromatic carbocycles. The van der Waals surface area contributed by atoms with E-state index in [-0.39, 0.29) is 5.91 Å². The smallest absolute Gasteiger partial charge is 0.255 e. The molecule has 6 nitrogen and oxygen atoms in total. The average Bonchev–Trinajstić information content (AvgIpc) is 3.39. The van der Waals surface area contributed by atoms with E-state index in [1.165, 1.54) is 0 Å². The van der Waals surface area contributed by atoms with Crippen molar-refractivity contribution in [3.63, 3.8) is 0 Å². The van der Waals surface area contributed by atoms with Gasteiger partial charge >= 0.3 is 0 Å². The molecular weight excluding hydrogens is 366 g/mol. The van der Waals surface area contributed by atoms with Crippen molar-refractivity contribution in [1.29, 1.82) is 0 Å². The second-order valence-corrected chi connectivity index (χ2v) is 6.61. The zero-order valence-electron chi connectivity index (χ0n) is 16.3. The summed E-state index contributed by atoms with van der Waals surface area (Å²) in [5, 5.41) is 7.57. The minimum Gasteiger partial charge on any atom is -0.497 e. The number of para-hydroxylation sites is 1. The van der Waals surface area contributed by atoms with Crippen molar-refractivity contribution >= 4 is 5.91 Å². The van der Waals surface area contributed by atoms with E-state index in [9.17, 15) is 4.79 Å². The topological polar surface area (TPSA) is 69.3 Å². The highest BCUT2D eigenvalue weighted by molar-refractivity contribution is 5.99. The predicted molar refractivity (Wildman–Crippen MR) is 110 cm³/mol. The van der Waals surface area contributed by atoms with Crippen molar-refractivity contribution in [2.45, 2.75) is 13.5 Å². The standard InChI is InChI=1S/C23H21N3O3/c1-16-8-13-21(29-16)22-20(15-26(25-22)18-6-4-3-5-7-18)23(27)24-14-17-9-11-19(28-2)12-10-17/h3-13,15H,14H2,1-2H3,(H,24,27). The third kappa shape index (κ3) is 4.06. The lowest BCUT2D eigenvalue weighted by Crippen LogP contribution is -2.23. The van der Waals surface area contributed by atoms with Gasteiger partial charge in [0.2, 0.25) is 0 Å². The Hall–Kier alpha value is -3.80. The summed E-state index contributed by atoms with van der Waals surface area (Å²) < 4.78 is 12.6. The number of furan rings is 1. The summed E-state index contributed by atoms with van der Waals surface area (Å²) >= 11 is 0. The molecule has 4 rings (SSSR count). The normalized spacial score (nSPS) is 10.7. The van der Waals surface area contributed by atoms with Crippen molar-refractivity contribution in [2.75, 3.05) is 7.11 Å². The maximum atomic E-state index is 13.0. The maximum Gasteiger partial charge on any atom is 0.255 e. The highest BCUT2D eigenvalue weighted by atomic mass is 16.5. The summed E-state index contributed by atoms with van der Waals surface area (Å²) in [7, 11) is 1.62. The van der Waals surface area contributed by atoms with Crippen LogP contribution < -0.4 is 10.1 Å². The van der Waals surface area contributed by atoms with Crippen molar-refractivity contribution in [2.24, 2.45) is 0 Å². The Morgan fingerprint density at radius 2 is 1.83 bits per heavy atom. The number of hydrogen-bond acceptors (Lipinski definition) is 4. The summed E-state index contributed by atoms with van der Waals surface area (Å²) in [6, 6.07) is 20.9. The molecule has 4 aromatic rings. The van der Waals surface area contributed by atoms with Crippen LogP contribution in [0.1, 0.15) is 21.7 Å². The van der Waals surface area contributed by atoms with Crippen LogP contribution in [-0.4, -0.2) is 22.8 Å². The van der Waals surface area contributed by atoms with Gasteiger partial charge in [-0.2, -0.15) is 5.10 Å². The summed E-state index contributed by atoms with van der Waals surface area (Å²) in [5.74, 6) is 1.89. The molecule has 0 unspecified atom stereocenters. The first-order valence-corrected chi connectivity index (χ1v) is 9.27. The Kier molecular flexibility index (Phi) is 5.16. The zero-order chi connectivity index (χ0) is 20.2. The summed E-state index contributed by atoms with van der Waals surface area (Å²) in [6.45, 7) is 2.26. The zero-order valence-corrected chi connectivity index (χ0v) is 16.3. The number of carbonyl (C=O) groups is 1. The van der Waals surface area contributed by atoms with E-state index in [4.69, 9.17) is 9.15 Å².